The second-order valence-corrected chi connectivity index (χ2v) is 30.0. The Balaban J connectivity index is 5.22. The fourth-order valence-corrected chi connectivity index (χ4v) is 12.3. The maximum Gasteiger partial charge on any atom is 0.472 e. The summed E-state index contributed by atoms with van der Waals surface area (Å²) in [6.07, 6.45) is 45.9. The van der Waals surface area contributed by atoms with Gasteiger partial charge in [-0.1, -0.05) is 305 Å². The summed E-state index contributed by atoms with van der Waals surface area (Å²) in [5.41, 5.74) is 0. The highest BCUT2D eigenvalue weighted by molar-refractivity contribution is 7.47. The molecule has 0 heterocycles. The molecule has 0 saturated heterocycles. The van der Waals surface area contributed by atoms with Gasteiger partial charge >= 0.3 is 39.5 Å². The van der Waals surface area contributed by atoms with E-state index in [0.717, 1.165) is 102 Å². The summed E-state index contributed by atoms with van der Waals surface area (Å²) < 4.78 is 68.3. The SMILES string of the molecule is CCCCCCCCCCCCC(=O)OC[C@H](COP(=O)(O)OC[C@H](O)COP(=O)(O)OC[C@@H](COC(=O)CCCCCCCCCCCC(C)C)OC(=O)CCCCCCCCCCCCCCCCCC(C)C)OC(=O)CCCCCCCCCC(C)C. The van der Waals surface area contributed by atoms with Crippen molar-refractivity contribution in [3.8, 4) is 0 Å². The summed E-state index contributed by atoms with van der Waals surface area (Å²) in [5.74, 6) is 0.115. The molecule has 17 nitrogen and oxygen atoms in total. The molecule has 5 atom stereocenters. The number of rotatable bonds is 69. The molecule has 534 valence electrons. The van der Waals surface area contributed by atoms with Gasteiger partial charge in [0.1, 0.15) is 19.3 Å². The molecule has 0 bridgehead atoms. The van der Waals surface area contributed by atoms with Crippen LogP contribution in [0, 0.1) is 17.8 Å². The second-order valence-electron chi connectivity index (χ2n) is 27.1. The maximum atomic E-state index is 13.0. The summed E-state index contributed by atoms with van der Waals surface area (Å²) in [7, 11) is -9.90. The van der Waals surface area contributed by atoms with Crippen LogP contribution in [0.5, 0.6) is 0 Å². The van der Waals surface area contributed by atoms with E-state index in [1.165, 1.54) is 167 Å². The lowest BCUT2D eigenvalue weighted by atomic mass is 10.0. The van der Waals surface area contributed by atoms with Crippen molar-refractivity contribution in [3.63, 3.8) is 0 Å². The number of aliphatic hydroxyl groups excluding tert-OH is 1. The molecule has 0 aromatic rings. The number of hydrogen-bond acceptors (Lipinski definition) is 15. The Labute approximate surface area is 549 Å². The first kappa shape index (κ1) is 88.1. The Bertz CT molecular complexity index is 1770. The number of esters is 4. The molecular formula is C71H138O17P2. The van der Waals surface area contributed by atoms with Gasteiger partial charge in [-0.2, -0.15) is 0 Å². The van der Waals surface area contributed by atoms with Gasteiger partial charge < -0.3 is 33.8 Å². The Morgan fingerprint density at radius 1 is 0.300 bits per heavy atom. The molecule has 0 radical (unpaired) electrons. The van der Waals surface area contributed by atoms with E-state index in [-0.39, 0.29) is 25.7 Å². The first-order valence-electron chi connectivity index (χ1n) is 36.8. The Morgan fingerprint density at radius 2 is 0.511 bits per heavy atom. The van der Waals surface area contributed by atoms with Gasteiger partial charge in [-0.05, 0) is 43.4 Å². The number of phosphoric acid groups is 2. The molecule has 90 heavy (non-hydrogen) atoms. The molecule has 0 aliphatic heterocycles. The van der Waals surface area contributed by atoms with Crippen LogP contribution in [0.1, 0.15) is 357 Å². The van der Waals surface area contributed by atoms with Crippen molar-refractivity contribution >= 4 is 39.5 Å². The van der Waals surface area contributed by atoms with Crippen LogP contribution < -0.4 is 0 Å². The van der Waals surface area contributed by atoms with E-state index in [4.69, 9.17) is 37.0 Å². The number of carbonyl (C=O) groups excluding carboxylic acids is 4. The smallest absolute Gasteiger partial charge is 0.462 e. The molecule has 0 spiro atoms. The molecule has 19 heteroatoms. The van der Waals surface area contributed by atoms with Crippen LogP contribution in [0.25, 0.3) is 0 Å². The summed E-state index contributed by atoms with van der Waals surface area (Å²) in [5, 5.41) is 10.6. The number of phosphoric ester groups is 2. The topological polar surface area (TPSA) is 237 Å². The predicted octanol–water partition coefficient (Wildman–Crippen LogP) is 20.2. The average Bonchev–Trinajstić information content (AvgIpc) is 3.54. The lowest BCUT2D eigenvalue weighted by Crippen LogP contribution is -2.30. The van der Waals surface area contributed by atoms with Gasteiger partial charge in [-0.25, -0.2) is 9.13 Å². The monoisotopic (exact) mass is 1320 g/mol. The summed E-state index contributed by atoms with van der Waals surface area (Å²) in [6.45, 7) is 11.8. The van der Waals surface area contributed by atoms with Crippen LogP contribution in [0.15, 0.2) is 0 Å². The predicted molar refractivity (Wildman–Crippen MR) is 363 cm³/mol. The van der Waals surface area contributed by atoms with Gasteiger partial charge in [0, 0.05) is 25.7 Å². The first-order valence-corrected chi connectivity index (χ1v) is 39.8. The minimum Gasteiger partial charge on any atom is -0.462 e. The average molecular weight is 1330 g/mol. The minimum atomic E-state index is -4.95. The zero-order chi connectivity index (χ0) is 66.6. The third-order valence-corrected chi connectivity index (χ3v) is 18.3. The fourth-order valence-electron chi connectivity index (χ4n) is 10.7. The van der Waals surface area contributed by atoms with Crippen LogP contribution in [0.4, 0.5) is 0 Å². The van der Waals surface area contributed by atoms with E-state index in [0.29, 0.717) is 31.6 Å². The number of hydrogen-bond donors (Lipinski definition) is 3. The first-order chi connectivity index (χ1) is 43.2. The summed E-state index contributed by atoms with van der Waals surface area (Å²) in [6, 6.07) is 0. The number of ether oxygens (including phenoxy) is 4. The standard InChI is InChI=1S/C71H138O17P2/c1-8-9-10-11-12-13-24-31-38-45-52-68(73)81-59-67(88-71(76)55-48-41-34-27-30-37-44-51-64(6)7)61-86-90(79,80)84-57-65(72)56-83-89(77,78)85-60-66(58-82-69(74)53-46-39-32-26-21-23-29-36-43-50-63(4)5)87-70(75)54-47-40-33-25-20-18-16-14-15-17-19-22-28-35-42-49-62(2)3/h62-67,72H,8-61H2,1-7H3,(H,77,78)(H,79,80)/t65-,66-,67-/m1/s1. The van der Waals surface area contributed by atoms with Gasteiger partial charge in [0.2, 0.25) is 0 Å². The quantitative estimate of drug-likeness (QED) is 0.0222. The van der Waals surface area contributed by atoms with Crippen LogP contribution >= 0.6 is 15.6 Å². The molecule has 0 aliphatic rings. The lowest BCUT2D eigenvalue weighted by Gasteiger charge is -2.21. The van der Waals surface area contributed by atoms with E-state index >= 15 is 0 Å². The van der Waals surface area contributed by atoms with Crippen molar-refractivity contribution in [2.45, 2.75) is 375 Å². The third-order valence-electron chi connectivity index (χ3n) is 16.4. The third kappa shape index (κ3) is 64.8. The van der Waals surface area contributed by atoms with Crippen LogP contribution in [0.2, 0.25) is 0 Å². The Kier molecular flexibility index (Phi) is 60.6. The van der Waals surface area contributed by atoms with E-state index in [1.54, 1.807) is 0 Å². The van der Waals surface area contributed by atoms with Gasteiger partial charge in [0.25, 0.3) is 0 Å². The Morgan fingerprint density at radius 3 is 0.756 bits per heavy atom. The molecule has 0 amide bonds. The molecule has 0 fully saturated rings. The molecule has 0 saturated carbocycles. The van der Waals surface area contributed by atoms with Crippen molar-refractivity contribution in [1.29, 1.82) is 0 Å². The Hall–Kier alpha value is -1.94. The van der Waals surface area contributed by atoms with Crippen molar-refractivity contribution in [2.24, 2.45) is 17.8 Å². The number of unbranched alkanes of at least 4 members (excludes halogenated alkanes) is 37. The van der Waals surface area contributed by atoms with E-state index < -0.39 is 97.5 Å². The highest BCUT2D eigenvalue weighted by Gasteiger charge is 2.30. The zero-order valence-corrected chi connectivity index (χ0v) is 60.4. The highest BCUT2D eigenvalue weighted by Crippen LogP contribution is 2.45. The van der Waals surface area contributed by atoms with E-state index in [1.807, 2.05) is 0 Å². The molecular weight excluding hydrogens is 1190 g/mol. The van der Waals surface area contributed by atoms with E-state index in [2.05, 4.69) is 48.5 Å². The maximum absolute atomic E-state index is 13.0. The van der Waals surface area contributed by atoms with Crippen molar-refractivity contribution in [3.05, 3.63) is 0 Å². The highest BCUT2D eigenvalue weighted by atomic mass is 31.2. The van der Waals surface area contributed by atoms with Gasteiger partial charge in [0.15, 0.2) is 12.2 Å². The molecule has 3 N–H and O–H groups in total. The normalized spacial score (nSPS) is 14.2. The van der Waals surface area contributed by atoms with Crippen molar-refractivity contribution in [1.82, 2.24) is 0 Å². The summed E-state index contributed by atoms with van der Waals surface area (Å²) >= 11 is 0. The van der Waals surface area contributed by atoms with Gasteiger partial charge in [0.05, 0.1) is 26.4 Å². The zero-order valence-electron chi connectivity index (χ0n) is 58.6. The molecule has 0 aromatic carbocycles. The molecule has 2 unspecified atom stereocenters. The molecule has 0 aromatic heterocycles. The second kappa shape index (κ2) is 61.9. The molecule has 0 aliphatic carbocycles. The minimum absolute atomic E-state index is 0.103. The van der Waals surface area contributed by atoms with Crippen LogP contribution in [-0.4, -0.2) is 96.7 Å². The molecule has 0 rings (SSSR count). The van der Waals surface area contributed by atoms with Gasteiger partial charge in [-0.3, -0.25) is 37.3 Å². The number of aliphatic hydroxyl groups is 1. The summed E-state index contributed by atoms with van der Waals surface area (Å²) in [4.78, 5) is 72.5. The number of carbonyl (C=O) groups is 4. The van der Waals surface area contributed by atoms with Gasteiger partial charge in [-0.15, -0.1) is 0 Å². The van der Waals surface area contributed by atoms with E-state index in [9.17, 15) is 43.2 Å². The fraction of sp³-hybridized carbons (Fsp3) is 0.944. The van der Waals surface area contributed by atoms with Crippen molar-refractivity contribution < 1.29 is 80.2 Å². The van der Waals surface area contributed by atoms with Crippen molar-refractivity contribution in [2.75, 3.05) is 39.6 Å². The lowest BCUT2D eigenvalue weighted by molar-refractivity contribution is -0.161. The van der Waals surface area contributed by atoms with Crippen LogP contribution in [0.3, 0.4) is 0 Å². The van der Waals surface area contributed by atoms with Crippen LogP contribution in [-0.2, 0) is 65.4 Å². The largest absolute Gasteiger partial charge is 0.472 e.